The van der Waals surface area contributed by atoms with Gasteiger partial charge in [0, 0.05) is 13.1 Å². The molecule has 2 amide bonds. The molecule has 1 aliphatic rings. The van der Waals surface area contributed by atoms with Crippen LogP contribution in [0, 0.1) is 0 Å². The van der Waals surface area contributed by atoms with Gasteiger partial charge in [-0.25, -0.2) is 4.90 Å². The Morgan fingerprint density at radius 1 is 0.875 bits per heavy atom. The molecule has 0 aromatic heterocycles. The van der Waals surface area contributed by atoms with Crippen LogP contribution >= 0.6 is 11.6 Å². The Balaban J connectivity index is 1.84. The van der Waals surface area contributed by atoms with Gasteiger partial charge in [0.2, 0.25) is 0 Å². The van der Waals surface area contributed by atoms with E-state index in [1.807, 2.05) is 42.2 Å². The number of likely N-dealkylation sites (N-methyl/N-ethyl adjacent to an activating group) is 1. The predicted molar refractivity (Wildman–Crippen MR) is 126 cm³/mol. The highest BCUT2D eigenvalue weighted by molar-refractivity contribution is 6.47. The summed E-state index contributed by atoms with van der Waals surface area (Å²) in [6.45, 7) is 3.03. The van der Waals surface area contributed by atoms with Gasteiger partial charge in [-0.1, -0.05) is 66.2 Å². The number of methoxy groups -OCH3 is 1. The summed E-state index contributed by atoms with van der Waals surface area (Å²) >= 11 is 6.36. The molecule has 0 bridgehead atoms. The lowest BCUT2D eigenvalue weighted by molar-refractivity contribution is -0.120. The first-order chi connectivity index (χ1) is 15.5. The summed E-state index contributed by atoms with van der Waals surface area (Å²) in [5.74, 6) is -0.103. The van der Waals surface area contributed by atoms with Crippen LogP contribution in [0.25, 0.3) is 5.57 Å². The molecule has 0 aliphatic carbocycles. The van der Waals surface area contributed by atoms with Crippen molar-refractivity contribution >= 4 is 34.7 Å². The highest BCUT2D eigenvalue weighted by atomic mass is 35.5. The number of halogens is 1. The highest BCUT2D eigenvalue weighted by Gasteiger charge is 2.42. The number of nitrogens with zero attached hydrogens (tertiary/aromatic N) is 2. The van der Waals surface area contributed by atoms with Gasteiger partial charge in [-0.05, 0) is 42.3 Å². The predicted octanol–water partition coefficient (Wildman–Crippen LogP) is 5.16. The van der Waals surface area contributed by atoms with Crippen molar-refractivity contribution < 1.29 is 14.3 Å². The van der Waals surface area contributed by atoms with Gasteiger partial charge >= 0.3 is 0 Å². The monoisotopic (exact) mass is 446 g/mol. The molecule has 0 unspecified atom stereocenters. The molecule has 0 N–H and O–H groups in total. The smallest absolute Gasteiger partial charge is 0.282 e. The lowest BCUT2D eigenvalue weighted by atomic mass is 10.0. The number of hydrogen-bond donors (Lipinski definition) is 0. The van der Waals surface area contributed by atoms with Crippen molar-refractivity contribution in [2.45, 2.75) is 13.5 Å². The molecule has 32 heavy (non-hydrogen) atoms. The van der Waals surface area contributed by atoms with Crippen molar-refractivity contribution in [2.75, 3.05) is 18.6 Å². The SMILES string of the molecule is CCN(Cc1ccccc1)C1=C(c2ccc(OC)cc2)C(=O)N(c2ccccc2Cl)C1=O. The molecular formula is C26H23ClN2O3. The van der Waals surface area contributed by atoms with Crippen LogP contribution in [-0.2, 0) is 16.1 Å². The maximum atomic E-state index is 13.7. The quantitative estimate of drug-likeness (QED) is 0.471. The van der Waals surface area contributed by atoms with E-state index in [9.17, 15) is 9.59 Å². The summed E-state index contributed by atoms with van der Waals surface area (Å²) < 4.78 is 5.25. The van der Waals surface area contributed by atoms with Crippen LogP contribution in [0.1, 0.15) is 18.1 Å². The van der Waals surface area contributed by atoms with Crippen molar-refractivity contribution in [3.63, 3.8) is 0 Å². The largest absolute Gasteiger partial charge is 0.497 e. The van der Waals surface area contributed by atoms with Gasteiger partial charge in [0.1, 0.15) is 11.4 Å². The fraction of sp³-hybridized carbons (Fsp3) is 0.154. The standard InChI is InChI=1S/C26H23ClN2O3/c1-3-28(17-18-9-5-4-6-10-18)24-23(19-13-15-20(32-2)16-14-19)25(30)29(26(24)31)22-12-8-7-11-21(22)27/h4-16H,3,17H2,1-2H3. The van der Waals surface area contributed by atoms with E-state index in [0.29, 0.717) is 46.4 Å². The molecule has 1 heterocycles. The number of carbonyl (C=O) groups is 2. The van der Waals surface area contributed by atoms with Gasteiger partial charge in [0.05, 0.1) is 23.4 Å². The first kappa shape index (κ1) is 21.7. The van der Waals surface area contributed by atoms with Crippen molar-refractivity contribution in [3.8, 4) is 5.75 Å². The van der Waals surface area contributed by atoms with Crippen LogP contribution in [-0.4, -0.2) is 30.4 Å². The van der Waals surface area contributed by atoms with E-state index in [1.54, 1.807) is 55.6 Å². The lowest BCUT2D eigenvalue weighted by Gasteiger charge is -2.25. The number of imide groups is 1. The molecule has 1 aliphatic heterocycles. The van der Waals surface area contributed by atoms with E-state index < -0.39 is 5.91 Å². The maximum Gasteiger partial charge on any atom is 0.282 e. The average molecular weight is 447 g/mol. The molecule has 4 rings (SSSR count). The Labute approximate surface area is 192 Å². The Kier molecular flexibility index (Phi) is 6.28. The number of anilines is 1. The van der Waals surface area contributed by atoms with E-state index in [-0.39, 0.29) is 5.91 Å². The van der Waals surface area contributed by atoms with E-state index in [0.717, 1.165) is 5.56 Å². The molecule has 6 heteroatoms. The van der Waals surface area contributed by atoms with Crippen molar-refractivity contribution in [1.82, 2.24) is 4.90 Å². The fourth-order valence-corrected chi connectivity index (χ4v) is 4.05. The van der Waals surface area contributed by atoms with E-state index >= 15 is 0 Å². The second-order valence-corrected chi connectivity index (χ2v) is 7.76. The first-order valence-electron chi connectivity index (χ1n) is 10.4. The Hall–Kier alpha value is -3.57. The molecule has 3 aromatic carbocycles. The summed E-state index contributed by atoms with van der Waals surface area (Å²) in [6.07, 6.45) is 0. The summed E-state index contributed by atoms with van der Waals surface area (Å²) in [7, 11) is 1.59. The van der Waals surface area contributed by atoms with Crippen molar-refractivity contribution in [1.29, 1.82) is 0 Å². The zero-order valence-electron chi connectivity index (χ0n) is 17.9. The van der Waals surface area contributed by atoms with Crippen molar-refractivity contribution in [2.24, 2.45) is 0 Å². The zero-order valence-corrected chi connectivity index (χ0v) is 18.7. The molecule has 162 valence electrons. The van der Waals surface area contributed by atoms with Crippen LogP contribution < -0.4 is 9.64 Å². The van der Waals surface area contributed by atoms with Gasteiger partial charge in [-0.2, -0.15) is 0 Å². The fourth-order valence-electron chi connectivity index (χ4n) is 3.83. The molecule has 0 fully saturated rings. The van der Waals surface area contributed by atoms with Crippen LogP contribution in [0.2, 0.25) is 5.02 Å². The minimum absolute atomic E-state index is 0.343. The molecular weight excluding hydrogens is 424 g/mol. The van der Waals surface area contributed by atoms with E-state index in [2.05, 4.69) is 0 Å². The Morgan fingerprint density at radius 2 is 1.53 bits per heavy atom. The maximum absolute atomic E-state index is 13.7. The van der Waals surface area contributed by atoms with Crippen LogP contribution in [0.15, 0.2) is 84.6 Å². The third-order valence-electron chi connectivity index (χ3n) is 5.45. The van der Waals surface area contributed by atoms with Crippen LogP contribution in [0.4, 0.5) is 5.69 Å². The summed E-state index contributed by atoms with van der Waals surface area (Å²) in [5.41, 5.74) is 2.80. The number of ether oxygens (including phenoxy) is 1. The number of carbonyl (C=O) groups excluding carboxylic acids is 2. The third-order valence-corrected chi connectivity index (χ3v) is 5.77. The van der Waals surface area contributed by atoms with Crippen molar-refractivity contribution in [3.05, 3.63) is 101 Å². The molecule has 0 saturated carbocycles. The average Bonchev–Trinajstić information content (AvgIpc) is 3.08. The minimum atomic E-state index is -0.394. The van der Waals surface area contributed by atoms with Gasteiger partial charge in [-0.15, -0.1) is 0 Å². The number of benzene rings is 3. The number of amides is 2. The second kappa shape index (κ2) is 9.28. The molecule has 0 saturated heterocycles. The second-order valence-electron chi connectivity index (χ2n) is 7.35. The van der Waals surface area contributed by atoms with Gasteiger partial charge in [0.25, 0.3) is 11.8 Å². The van der Waals surface area contributed by atoms with Gasteiger partial charge < -0.3 is 9.64 Å². The number of hydrogen-bond acceptors (Lipinski definition) is 4. The molecule has 5 nitrogen and oxygen atoms in total. The Bertz CT molecular complexity index is 1170. The van der Waals surface area contributed by atoms with Gasteiger partial charge in [0.15, 0.2) is 0 Å². The third kappa shape index (κ3) is 3.99. The number of rotatable bonds is 7. The summed E-state index contributed by atoms with van der Waals surface area (Å²) in [6, 6.07) is 23.9. The van der Waals surface area contributed by atoms with Crippen LogP contribution in [0.3, 0.4) is 0 Å². The minimum Gasteiger partial charge on any atom is -0.497 e. The first-order valence-corrected chi connectivity index (χ1v) is 10.7. The lowest BCUT2D eigenvalue weighted by Crippen LogP contribution is -2.35. The van der Waals surface area contributed by atoms with Gasteiger partial charge in [-0.3, -0.25) is 9.59 Å². The molecule has 3 aromatic rings. The zero-order chi connectivity index (χ0) is 22.7. The molecule has 0 spiro atoms. The number of para-hydroxylation sites is 1. The summed E-state index contributed by atoms with van der Waals surface area (Å²) in [4.78, 5) is 30.4. The molecule has 0 atom stereocenters. The van der Waals surface area contributed by atoms with Crippen LogP contribution in [0.5, 0.6) is 5.75 Å². The topological polar surface area (TPSA) is 49.9 Å². The molecule has 0 radical (unpaired) electrons. The highest BCUT2D eigenvalue weighted by Crippen LogP contribution is 2.38. The normalized spacial score (nSPS) is 13.7. The van der Waals surface area contributed by atoms with E-state index in [1.165, 1.54) is 4.90 Å². The Morgan fingerprint density at radius 3 is 2.16 bits per heavy atom. The summed E-state index contributed by atoms with van der Waals surface area (Å²) in [5, 5.41) is 0.343. The van der Waals surface area contributed by atoms with E-state index in [4.69, 9.17) is 16.3 Å².